The van der Waals surface area contributed by atoms with Gasteiger partial charge in [-0.1, -0.05) is 18.2 Å². The Morgan fingerprint density at radius 1 is 1.03 bits per heavy atom. The van der Waals surface area contributed by atoms with Crippen molar-refractivity contribution in [2.24, 2.45) is 0 Å². The van der Waals surface area contributed by atoms with Crippen LogP contribution in [-0.4, -0.2) is 48.0 Å². The zero-order valence-corrected chi connectivity index (χ0v) is 21.5. The normalized spacial score (nSPS) is 16.1. The van der Waals surface area contributed by atoms with E-state index in [4.69, 9.17) is 9.97 Å². The Bertz CT molecular complexity index is 1820. The molecule has 5 aromatic rings. The summed E-state index contributed by atoms with van der Waals surface area (Å²) in [4.78, 5) is 46.7. The number of amides is 2. The van der Waals surface area contributed by atoms with Crippen molar-refractivity contribution < 1.29 is 14.7 Å². The van der Waals surface area contributed by atoms with Crippen LogP contribution >= 0.6 is 11.3 Å². The highest BCUT2D eigenvalue weighted by atomic mass is 32.1. The summed E-state index contributed by atoms with van der Waals surface area (Å²) < 4.78 is 2.03. The van der Waals surface area contributed by atoms with Crippen LogP contribution in [0.4, 0.5) is 5.95 Å². The van der Waals surface area contributed by atoms with E-state index < -0.39 is 17.4 Å². The molecule has 0 bridgehead atoms. The number of anilines is 1. The number of hydrogen-bond donors (Lipinski definition) is 3. The van der Waals surface area contributed by atoms with Crippen LogP contribution in [-0.2, 0) is 28.3 Å². The summed E-state index contributed by atoms with van der Waals surface area (Å²) in [6.45, 7) is 5.13. The molecule has 0 saturated heterocycles. The summed E-state index contributed by atoms with van der Waals surface area (Å²) in [6, 6.07) is 9.45. The maximum Gasteiger partial charge on any atom is 0.261 e. The third kappa shape index (κ3) is 3.39. The monoisotopic (exact) mass is 525 g/mol. The minimum Gasteiger partial charge on any atom is -0.383 e. The predicted octanol–water partition coefficient (Wildman–Crippen LogP) is 3.18. The molecule has 190 valence electrons. The summed E-state index contributed by atoms with van der Waals surface area (Å²) >= 11 is 1.54. The number of aromatic amines is 1. The number of aliphatic hydroxyl groups is 1. The van der Waals surface area contributed by atoms with Gasteiger partial charge in [0.25, 0.3) is 11.8 Å². The molecule has 6 heterocycles. The van der Waals surface area contributed by atoms with Gasteiger partial charge < -0.3 is 19.6 Å². The van der Waals surface area contributed by atoms with Gasteiger partial charge in [-0.05, 0) is 31.4 Å². The second kappa shape index (κ2) is 8.07. The fourth-order valence-corrected chi connectivity index (χ4v) is 6.10. The first kappa shape index (κ1) is 22.8. The van der Waals surface area contributed by atoms with E-state index in [9.17, 15) is 14.7 Å². The summed E-state index contributed by atoms with van der Waals surface area (Å²) in [5.41, 5.74) is 2.21. The van der Waals surface area contributed by atoms with Gasteiger partial charge in [0.2, 0.25) is 5.95 Å². The van der Waals surface area contributed by atoms with Gasteiger partial charge in [-0.3, -0.25) is 14.9 Å². The average molecular weight is 526 g/mol. The van der Waals surface area contributed by atoms with Crippen LogP contribution in [0.2, 0.25) is 0 Å². The average Bonchev–Trinajstić information content (AvgIpc) is 3.66. The van der Waals surface area contributed by atoms with Crippen LogP contribution in [0.25, 0.3) is 32.3 Å². The van der Waals surface area contributed by atoms with Crippen LogP contribution in [0.3, 0.4) is 0 Å². The zero-order chi connectivity index (χ0) is 26.2. The third-order valence-corrected chi connectivity index (χ3v) is 7.89. The number of thiophene rings is 1. The number of H-pyrrole nitrogens is 1. The van der Waals surface area contributed by atoms with Crippen molar-refractivity contribution >= 4 is 61.4 Å². The molecule has 4 aromatic heterocycles. The first-order chi connectivity index (χ1) is 18.3. The Hall–Kier alpha value is -4.35. The fourth-order valence-electron chi connectivity index (χ4n) is 5.33. The Morgan fingerprint density at radius 3 is 2.68 bits per heavy atom. The van der Waals surface area contributed by atoms with E-state index in [2.05, 4.69) is 15.3 Å². The molecule has 0 aliphatic carbocycles. The zero-order valence-electron chi connectivity index (χ0n) is 20.6. The van der Waals surface area contributed by atoms with Gasteiger partial charge in [0.15, 0.2) is 0 Å². The third-order valence-electron chi connectivity index (χ3n) is 7.05. The number of fused-ring (bicyclic) bond motifs is 3. The maximum atomic E-state index is 13.3. The number of aromatic nitrogens is 5. The minimum absolute atomic E-state index is 0.244. The molecule has 0 atom stereocenters. The highest BCUT2D eigenvalue weighted by molar-refractivity contribution is 7.16. The highest BCUT2D eigenvalue weighted by Crippen LogP contribution is 2.38. The predicted molar refractivity (Wildman–Crippen MR) is 144 cm³/mol. The van der Waals surface area contributed by atoms with Gasteiger partial charge in [0.1, 0.15) is 16.3 Å². The summed E-state index contributed by atoms with van der Waals surface area (Å²) in [7, 11) is 0. The van der Waals surface area contributed by atoms with E-state index in [0.717, 1.165) is 15.9 Å². The molecule has 7 rings (SSSR count). The largest absolute Gasteiger partial charge is 0.383 e. The molecule has 2 aliphatic heterocycles. The van der Waals surface area contributed by atoms with Crippen LogP contribution in [0.5, 0.6) is 0 Å². The molecule has 2 aliphatic rings. The van der Waals surface area contributed by atoms with E-state index in [1.165, 1.54) is 11.3 Å². The minimum atomic E-state index is -1.05. The van der Waals surface area contributed by atoms with E-state index >= 15 is 0 Å². The Labute approximate surface area is 220 Å². The topological polar surface area (TPSA) is 129 Å². The smallest absolute Gasteiger partial charge is 0.261 e. The molecule has 0 fully saturated rings. The molecule has 0 unspecified atom stereocenters. The lowest BCUT2D eigenvalue weighted by Gasteiger charge is -2.31. The van der Waals surface area contributed by atoms with Crippen molar-refractivity contribution in [1.29, 1.82) is 0 Å². The summed E-state index contributed by atoms with van der Waals surface area (Å²) in [6.07, 6.45) is 3.54. The summed E-state index contributed by atoms with van der Waals surface area (Å²) in [5, 5.41) is 16.5. The number of nitrogens with zero attached hydrogens (tertiary/aromatic N) is 5. The van der Waals surface area contributed by atoms with Crippen LogP contribution in [0, 0.1) is 0 Å². The molecule has 10 nitrogen and oxygen atoms in total. The molecule has 0 saturated carbocycles. The van der Waals surface area contributed by atoms with Crippen LogP contribution < -0.4 is 10.2 Å². The van der Waals surface area contributed by atoms with Crippen molar-refractivity contribution in [2.45, 2.75) is 32.5 Å². The Balaban J connectivity index is 1.39. The second-order valence-corrected chi connectivity index (χ2v) is 10.9. The molecular weight excluding hydrogens is 502 g/mol. The lowest BCUT2D eigenvalue weighted by molar-refractivity contribution is -0.122. The van der Waals surface area contributed by atoms with E-state index in [0.29, 0.717) is 59.1 Å². The molecule has 1 aromatic carbocycles. The van der Waals surface area contributed by atoms with Crippen LogP contribution in [0.1, 0.15) is 36.6 Å². The standard InChI is InChI=1S/C27H23N7O3S/c1-27(2,37)25-29-11-14-13-33(8-9-34(14)25)26-30-18-6-4-3-5-16(18)21(31-26)20-19(22(35)32-23(20)36)17-12-28-24-15(17)7-10-38-24/h3-7,10-12,28,37H,8-9,13H2,1-2H3,(H,32,35,36). The number of rotatable bonds is 4. The van der Waals surface area contributed by atoms with Crippen molar-refractivity contribution in [3.8, 4) is 0 Å². The van der Waals surface area contributed by atoms with Gasteiger partial charge in [-0.25, -0.2) is 15.0 Å². The number of imidazole rings is 1. The lowest BCUT2D eigenvalue weighted by Crippen LogP contribution is -2.37. The molecule has 38 heavy (non-hydrogen) atoms. The number of benzene rings is 1. The van der Waals surface area contributed by atoms with Gasteiger partial charge in [-0.2, -0.15) is 0 Å². The number of carbonyl (C=O) groups excluding carboxylic acids is 2. The number of carbonyl (C=O) groups is 2. The first-order valence-corrected chi connectivity index (χ1v) is 13.1. The maximum absolute atomic E-state index is 13.3. The van der Waals surface area contributed by atoms with Gasteiger partial charge in [-0.15, -0.1) is 11.3 Å². The van der Waals surface area contributed by atoms with E-state index in [-0.39, 0.29) is 5.57 Å². The molecule has 2 amide bonds. The van der Waals surface area contributed by atoms with Gasteiger partial charge in [0, 0.05) is 35.6 Å². The summed E-state index contributed by atoms with van der Waals surface area (Å²) in [5.74, 6) is 0.164. The van der Waals surface area contributed by atoms with Crippen LogP contribution in [0.15, 0.2) is 48.1 Å². The second-order valence-electron chi connectivity index (χ2n) is 9.99. The molecule has 11 heteroatoms. The quantitative estimate of drug-likeness (QED) is 0.307. The van der Waals surface area contributed by atoms with Gasteiger partial charge in [0.05, 0.1) is 40.8 Å². The first-order valence-electron chi connectivity index (χ1n) is 12.2. The molecular formula is C27H23N7O3S. The number of nitrogens with one attached hydrogen (secondary N) is 2. The lowest BCUT2D eigenvalue weighted by atomic mass is 9.97. The van der Waals surface area contributed by atoms with Crippen molar-refractivity contribution in [3.05, 3.63) is 70.9 Å². The van der Waals surface area contributed by atoms with Gasteiger partial charge >= 0.3 is 0 Å². The fraction of sp³-hybridized carbons (Fsp3) is 0.222. The number of hydrogen-bond acceptors (Lipinski definition) is 8. The highest BCUT2D eigenvalue weighted by Gasteiger charge is 2.36. The molecule has 3 N–H and O–H groups in total. The van der Waals surface area contributed by atoms with Crippen molar-refractivity contribution in [1.82, 2.24) is 29.8 Å². The Kier molecular flexibility index (Phi) is 4.85. The SMILES string of the molecule is CC(C)(O)c1ncc2n1CCN(c1nc(C3=C(c4c[nH]c5sccc45)C(=O)NC3=O)c3ccccc3n1)C2. The Morgan fingerprint density at radius 2 is 1.84 bits per heavy atom. The van der Waals surface area contributed by atoms with Crippen molar-refractivity contribution in [2.75, 3.05) is 11.4 Å². The van der Waals surface area contributed by atoms with E-state index in [1.807, 2.05) is 45.2 Å². The number of imide groups is 1. The molecule has 0 radical (unpaired) electrons. The molecule has 0 spiro atoms. The van der Waals surface area contributed by atoms with Crippen molar-refractivity contribution in [3.63, 3.8) is 0 Å². The van der Waals surface area contributed by atoms with E-state index in [1.54, 1.807) is 26.2 Å². The number of para-hydroxylation sites is 1.